The van der Waals surface area contributed by atoms with E-state index in [1.165, 1.54) is 3.57 Å². The summed E-state index contributed by atoms with van der Waals surface area (Å²) in [4.78, 5) is 12.1. The number of benzene rings is 2. The van der Waals surface area contributed by atoms with Crippen LogP contribution >= 0.6 is 22.6 Å². The Kier molecular flexibility index (Phi) is 5.56. The lowest BCUT2D eigenvalue weighted by Crippen LogP contribution is -2.17. The van der Waals surface area contributed by atoms with Crippen LogP contribution in [-0.2, 0) is 0 Å². The molecule has 1 aromatic heterocycles. The molecule has 26 heavy (non-hydrogen) atoms. The van der Waals surface area contributed by atoms with Crippen molar-refractivity contribution < 1.29 is 4.79 Å². The van der Waals surface area contributed by atoms with Crippen molar-refractivity contribution in [2.75, 3.05) is 0 Å². The summed E-state index contributed by atoms with van der Waals surface area (Å²) < 4.78 is 3.38. The van der Waals surface area contributed by atoms with Crippen LogP contribution < -0.4 is 5.43 Å². The molecule has 0 unspecified atom stereocenters. The molecule has 0 fully saturated rings. The van der Waals surface area contributed by atoms with Gasteiger partial charge < -0.3 is 4.57 Å². The Bertz CT molecular complexity index is 954. The molecule has 0 atom stereocenters. The van der Waals surface area contributed by atoms with Crippen LogP contribution in [0.3, 0.4) is 0 Å². The van der Waals surface area contributed by atoms with E-state index in [0.29, 0.717) is 5.56 Å². The molecule has 4 nitrogen and oxygen atoms in total. The molecule has 1 N–H and O–H groups in total. The molecule has 0 spiro atoms. The fourth-order valence-electron chi connectivity index (χ4n) is 2.84. The van der Waals surface area contributed by atoms with Gasteiger partial charge in [0.05, 0.1) is 6.21 Å². The lowest BCUT2D eigenvalue weighted by atomic mass is 10.1. The van der Waals surface area contributed by atoms with Gasteiger partial charge in [0.25, 0.3) is 5.91 Å². The second-order valence-corrected chi connectivity index (χ2v) is 7.45. The highest BCUT2D eigenvalue weighted by molar-refractivity contribution is 14.1. The predicted molar refractivity (Wildman–Crippen MR) is 114 cm³/mol. The van der Waals surface area contributed by atoms with Gasteiger partial charge in [-0.25, -0.2) is 5.43 Å². The number of nitrogens with one attached hydrogen (secondary N) is 1. The van der Waals surface area contributed by atoms with Gasteiger partial charge in [0.2, 0.25) is 0 Å². The van der Waals surface area contributed by atoms with Gasteiger partial charge in [0.15, 0.2) is 0 Å². The number of nitrogens with zero attached hydrogens (tertiary/aromatic N) is 2. The van der Waals surface area contributed by atoms with Crippen LogP contribution in [0.15, 0.2) is 59.7 Å². The lowest BCUT2D eigenvalue weighted by molar-refractivity contribution is 0.0955. The summed E-state index contributed by atoms with van der Waals surface area (Å²) in [6.07, 6.45) is 1.69. The smallest absolute Gasteiger partial charge is 0.271 e. The number of halogens is 1. The number of carbonyl (C=O) groups excluding carboxylic acids is 1. The van der Waals surface area contributed by atoms with E-state index in [9.17, 15) is 4.79 Å². The van der Waals surface area contributed by atoms with E-state index in [4.69, 9.17) is 0 Å². The van der Waals surface area contributed by atoms with Crippen molar-refractivity contribution in [2.45, 2.75) is 20.8 Å². The van der Waals surface area contributed by atoms with E-state index in [1.54, 1.807) is 18.3 Å². The second-order valence-electron chi connectivity index (χ2n) is 6.20. The number of carbonyl (C=O) groups is 1. The minimum absolute atomic E-state index is 0.215. The van der Waals surface area contributed by atoms with Crippen LogP contribution in [0.25, 0.3) is 5.69 Å². The van der Waals surface area contributed by atoms with Gasteiger partial charge in [-0.15, -0.1) is 0 Å². The van der Waals surface area contributed by atoms with E-state index in [0.717, 1.165) is 28.2 Å². The molecule has 1 amide bonds. The van der Waals surface area contributed by atoms with E-state index in [1.807, 2.05) is 26.0 Å². The monoisotopic (exact) mass is 457 g/mol. The van der Waals surface area contributed by atoms with Gasteiger partial charge in [-0.05, 0) is 85.8 Å². The fraction of sp³-hybridized carbons (Fsp3) is 0.143. The summed E-state index contributed by atoms with van der Waals surface area (Å²) in [5.74, 6) is -0.215. The number of aromatic nitrogens is 1. The number of hydrogen-bond donors (Lipinski definition) is 1. The molecule has 5 heteroatoms. The van der Waals surface area contributed by atoms with E-state index >= 15 is 0 Å². The minimum Gasteiger partial charge on any atom is -0.318 e. The Morgan fingerprint density at radius 3 is 2.35 bits per heavy atom. The molecule has 2 aromatic carbocycles. The lowest BCUT2D eigenvalue weighted by Gasteiger charge is -2.09. The highest BCUT2D eigenvalue weighted by Gasteiger charge is 2.09. The molecule has 3 aromatic rings. The number of aryl methyl sites for hydroxylation is 2. The molecular weight excluding hydrogens is 437 g/mol. The molecule has 0 radical (unpaired) electrons. The normalized spacial score (nSPS) is 11.1. The zero-order chi connectivity index (χ0) is 18.7. The van der Waals surface area contributed by atoms with Crippen LogP contribution in [0.2, 0.25) is 0 Å². The Balaban J connectivity index is 1.77. The fourth-order valence-corrected chi connectivity index (χ4v) is 3.20. The first-order valence-corrected chi connectivity index (χ1v) is 9.38. The summed E-state index contributed by atoms with van der Waals surface area (Å²) in [7, 11) is 0. The summed E-state index contributed by atoms with van der Waals surface area (Å²) in [6, 6.07) is 17.8. The minimum atomic E-state index is -0.215. The number of amides is 1. The van der Waals surface area contributed by atoms with Gasteiger partial charge in [-0.2, -0.15) is 5.10 Å². The Morgan fingerprint density at radius 2 is 1.69 bits per heavy atom. The average Bonchev–Trinajstić information content (AvgIpc) is 2.90. The Hall–Kier alpha value is -2.41. The van der Waals surface area contributed by atoms with E-state index < -0.39 is 0 Å². The van der Waals surface area contributed by atoms with Crippen molar-refractivity contribution in [1.82, 2.24) is 9.99 Å². The third-order valence-corrected chi connectivity index (χ3v) is 4.96. The number of hydrazone groups is 1. The van der Waals surface area contributed by atoms with Crippen LogP contribution in [-0.4, -0.2) is 16.7 Å². The molecule has 0 bridgehead atoms. The summed E-state index contributed by atoms with van der Waals surface area (Å²) in [6.45, 7) is 6.10. The molecule has 1 heterocycles. The van der Waals surface area contributed by atoms with Gasteiger partial charge in [0.1, 0.15) is 0 Å². The first-order valence-electron chi connectivity index (χ1n) is 8.30. The van der Waals surface area contributed by atoms with Crippen molar-refractivity contribution in [2.24, 2.45) is 5.10 Å². The summed E-state index contributed by atoms with van der Waals surface area (Å²) >= 11 is 2.30. The first kappa shape index (κ1) is 18.4. The molecule has 0 aliphatic rings. The number of rotatable bonds is 4. The van der Waals surface area contributed by atoms with Crippen molar-refractivity contribution in [3.63, 3.8) is 0 Å². The quantitative estimate of drug-likeness (QED) is 0.343. The predicted octanol–water partition coefficient (Wildman–Crippen LogP) is 4.77. The highest BCUT2D eigenvalue weighted by atomic mass is 127. The molecular formula is C21H20IN3O. The summed E-state index contributed by atoms with van der Waals surface area (Å²) in [5.41, 5.74) is 8.60. The molecule has 0 saturated heterocycles. The maximum atomic E-state index is 12.1. The Labute approximate surface area is 167 Å². The second kappa shape index (κ2) is 7.86. The van der Waals surface area contributed by atoms with Crippen molar-refractivity contribution in [3.8, 4) is 5.69 Å². The maximum Gasteiger partial charge on any atom is 0.271 e. The van der Waals surface area contributed by atoms with Gasteiger partial charge in [0, 0.05) is 31.8 Å². The van der Waals surface area contributed by atoms with E-state index in [-0.39, 0.29) is 5.91 Å². The molecule has 3 rings (SSSR count). The van der Waals surface area contributed by atoms with Gasteiger partial charge >= 0.3 is 0 Å². The Morgan fingerprint density at radius 1 is 1.04 bits per heavy atom. The molecule has 0 aliphatic carbocycles. The topological polar surface area (TPSA) is 46.4 Å². The van der Waals surface area contributed by atoms with Crippen molar-refractivity contribution >= 4 is 34.7 Å². The SMILES string of the molecule is Cc1ccc(C(=O)NN=Cc2cc(C)n(-c3ccc(I)cc3)c2C)cc1. The average molecular weight is 457 g/mol. The van der Waals surface area contributed by atoms with Gasteiger partial charge in [-0.3, -0.25) is 4.79 Å². The largest absolute Gasteiger partial charge is 0.318 e. The summed E-state index contributed by atoms with van der Waals surface area (Å²) in [5, 5.41) is 4.12. The zero-order valence-corrected chi connectivity index (χ0v) is 17.1. The van der Waals surface area contributed by atoms with Crippen LogP contribution in [0.4, 0.5) is 0 Å². The molecule has 0 aliphatic heterocycles. The molecule has 132 valence electrons. The highest BCUT2D eigenvalue weighted by Crippen LogP contribution is 2.20. The van der Waals surface area contributed by atoms with E-state index in [2.05, 4.69) is 74.9 Å². The first-order chi connectivity index (χ1) is 12.5. The van der Waals surface area contributed by atoms with Crippen molar-refractivity contribution in [1.29, 1.82) is 0 Å². The van der Waals surface area contributed by atoms with Crippen LogP contribution in [0, 0.1) is 24.3 Å². The zero-order valence-electron chi connectivity index (χ0n) is 15.0. The standard InChI is InChI=1S/C21H20IN3O/c1-14-4-6-17(7-5-14)21(26)24-23-13-18-12-15(2)25(16(18)3)20-10-8-19(22)9-11-20/h4-13H,1-3H3,(H,24,26). The maximum absolute atomic E-state index is 12.1. The van der Waals surface area contributed by atoms with Crippen LogP contribution in [0.1, 0.15) is 32.9 Å². The van der Waals surface area contributed by atoms with Gasteiger partial charge in [-0.1, -0.05) is 17.7 Å². The number of hydrogen-bond acceptors (Lipinski definition) is 2. The van der Waals surface area contributed by atoms with Crippen LogP contribution in [0.5, 0.6) is 0 Å². The third kappa shape index (κ3) is 4.04. The molecule has 0 saturated carbocycles. The van der Waals surface area contributed by atoms with Crippen molar-refractivity contribution in [3.05, 3.63) is 86.2 Å². The third-order valence-electron chi connectivity index (χ3n) is 4.24.